The van der Waals surface area contributed by atoms with Crippen molar-refractivity contribution in [1.82, 2.24) is 15.1 Å². The summed E-state index contributed by atoms with van der Waals surface area (Å²) < 4.78 is 0. The third-order valence-corrected chi connectivity index (χ3v) is 2.30. The third-order valence-electron chi connectivity index (χ3n) is 1.65. The number of nitrogens with one attached hydrogen (secondary N) is 1. The zero-order valence-electron chi connectivity index (χ0n) is 7.65. The van der Waals surface area contributed by atoms with E-state index in [1.165, 1.54) is 11.3 Å². The molecular formula is C7H12N4OS. The van der Waals surface area contributed by atoms with Crippen LogP contribution in [-0.4, -0.2) is 41.1 Å². The molecule has 0 saturated carbocycles. The Kier molecular flexibility index (Phi) is 3.63. The maximum Gasteiger partial charge on any atom is 0.241 e. The van der Waals surface area contributed by atoms with Crippen molar-refractivity contribution in [3.63, 3.8) is 0 Å². The molecular weight excluding hydrogens is 188 g/mol. The van der Waals surface area contributed by atoms with E-state index in [0.29, 0.717) is 5.13 Å². The number of nitrogens with zero attached hydrogens (tertiary/aromatic N) is 3. The van der Waals surface area contributed by atoms with Crippen LogP contribution in [0.15, 0.2) is 5.51 Å². The first-order chi connectivity index (χ1) is 6.24. The smallest absolute Gasteiger partial charge is 0.241 e. The molecule has 0 bridgehead atoms. The number of hydrogen-bond donors (Lipinski definition) is 1. The maximum atomic E-state index is 11.3. The number of aromatic nitrogens is 2. The molecule has 0 aliphatic heterocycles. The van der Waals surface area contributed by atoms with Gasteiger partial charge in [-0.25, -0.2) is 0 Å². The number of likely N-dealkylation sites (N-methyl/N-ethyl adjacent to an activating group) is 1. The van der Waals surface area contributed by atoms with Crippen LogP contribution in [0.3, 0.4) is 0 Å². The van der Waals surface area contributed by atoms with Crippen molar-refractivity contribution in [2.24, 2.45) is 0 Å². The fourth-order valence-corrected chi connectivity index (χ4v) is 1.16. The Morgan fingerprint density at radius 3 is 3.08 bits per heavy atom. The summed E-state index contributed by atoms with van der Waals surface area (Å²) in [5.74, 6) is 0.0534. The summed E-state index contributed by atoms with van der Waals surface area (Å²) >= 11 is 1.38. The average Bonchev–Trinajstić information content (AvgIpc) is 2.65. The monoisotopic (exact) mass is 200 g/mol. The molecule has 5 nitrogen and oxygen atoms in total. The van der Waals surface area contributed by atoms with Crippen LogP contribution in [0.2, 0.25) is 0 Å². The Morgan fingerprint density at radius 2 is 2.54 bits per heavy atom. The van der Waals surface area contributed by atoms with E-state index in [0.717, 1.165) is 6.54 Å². The minimum absolute atomic E-state index is 0.0534. The molecule has 1 N–H and O–H groups in total. The summed E-state index contributed by atoms with van der Waals surface area (Å²) in [6, 6.07) is 0. The summed E-state index contributed by atoms with van der Waals surface area (Å²) in [5.41, 5.74) is 1.62. The van der Waals surface area contributed by atoms with Gasteiger partial charge >= 0.3 is 0 Å². The summed E-state index contributed by atoms with van der Waals surface area (Å²) in [4.78, 5) is 12.9. The second-order valence-corrected chi connectivity index (χ2v) is 3.34. The van der Waals surface area contributed by atoms with E-state index in [-0.39, 0.29) is 12.5 Å². The Balaban J connectivity index is 2.31. The van der Waals surface area contributed by atoms with Crippen LogP contribution >= 0.6 is 11.3 Å². The van der Waals surface area contributed by atoms with E-state index >= 15 is 0 Å². The first kappa shape index (κ1) is 9.91. The van der Waals surface area contributed by atoms with Crippen molar-refractivity contribution in [1.29, 1.82) is 0 Å². The molecule has 0 aliphatic carbocycles. The van der Waals surface area contributed by atoms with Gasteiger partial charge in [-0.3, -0.25) is 4.79 Å². The number of carbonyl (C=O) groups is 1. The molecule has 72 valence electrons. The fraction of sp³-hybridized carbons (Fsp3) is 0.571. The molecule has 1 heterocycles. The van der Waals surface area contributed by atoms with Crippen molar-refractivity contribution < 1.29 is 4.79 Å². The SMILES string of the molecule is CCN(C)C(=O)CNc1nncs1. The molecule has 0 aromatic carbocycles. The first-order valence-electron chi connectivity index (χ1n) is 3.98. The second-order valence-electron chi connectivity index (χ2n) is 2.51. The zero-order chi connectivity index (χ0) is 9.68. The summed E-state index contributed by atoms with van der Waals surface area (Å²) in [6.07, 6.45) is 0. The topological polar surface area (TPSA) is 58.1 Å². The molecule has 0 saturated heterocycles. The van der Waals surface area contributed by atoms with Gasteiger partial charge in [0.1, 0.15) is 5.51 Å². The van der Waals surface area contributed by atoms with Gasteiger partial charge < -0.3 is 10.2 Å². The van der Waals surface area contributed by atoms with Gasteiger partial charge in [0.25, 0.3) is 0 Å². The number of anilines is 1. The molecule has 0 spiro atoms. The van der Waals surface area contributed by atoms with Gasteiger partial charge in [-0.15, -0.1) is 10.2 Å². The van der Waals surface area contributed by atoms with Crippen molar-refractivity contribution >= 4 is 22.4 Å². The van der Waals surface area contributed by atoms with Crippen LogP contribution in [0, 0.1) is 0 Å². The number of rotatable bonds is 4. The lowest BCUT2D eigenvalue weighted by atomic mass is 10.5. The second kappa shape index (κ2) is 4.76. The van der Waals surface area contributed by atoms with Gasteiger partial charge in [0.15, 0.2) is 0 Å². The summed E-state index contributed by atoms with van der Waals surface area (Å²) in [7, 11) is 1.77. The predicted octanol–water partition coefficient (Wildman–Crippen LogP) is 0.428. The lowest BCUT2D eigenvalue weighted by Gasteiger charge is -2.13. The number of carbonyl (C=O) groups excluding carboxylic acids is 1. The van der Waals surface area contributed by atoms with Crippen LogP contribution < -0.4 is 5.32 Å². The van der Waals surface area contributed by atoms with Gasteiger partial charge in [-0.2, -0.15) is 0 Å². The fourth-order valence-electron chi connectivity index (χ4n) is 0.713. The summed E-state index contributed by atoms with van der Waals surface area (Å²) in [6.45, 7) is 2.93. The molecule has 1 aromatic heterocycles. The van der Waals surface area contributed by atoms with E-state index in [9.17, 15) is 4.79 Å². The van der Waals surface area contributed by atoms with Gasteiger partial charge in [0.2, 0.25) is 11.0 Å². The Morgan fingerprint density at radius 1 is 1.77 bits per heavy atom. The third kappa shape index (κ3) is 2.98. The quantitative estimate of drug-likeness (QED) is 0.765. The molecule has 0 unspecified atom stereocenters. The summed E-state index contributed by atoms with van der Waals surface area (Å²) in [5, 5.41) is 11.0. The van der Waals surface area contributed by atoms with Gasteiger partial charge in [0.05, 0.1) is 6.54 Å². The normalized spacial score (nSPS) is 9.69. The predicted molar refractivity (Wildman–Crippen MR) is 51.7 cm³/mol. The molecule has 0 atom stereocenters. The largest absolute Gasteiger partial charge is 0.351 e. The van der Waals surface area contributed by atoms with Crippen LogP contribution in [-0.2, 0) is 4.79 Å². The van der Waals surface area contributed by atoms with Crippen molar-refractivity contribution in [2.75, 3.05) is 25.5 Å². The average molecular weight is 200 g/mol. The van der Waals surface area contributed by atoms with E-state index in [1.54, 1.807) is 17.5 Å². The highest BCUT2D eigenvalue weighted by Gasteiger charge is 2.06. The number of amides is 1. The number of hydrogen-bond acceptors (Lipinski definition) is 5. The van der Waals surface area contributed by atoms with Crippen LogP contribution in [0.25, 0.3) is 0 Å². The van der Waals surface area contributed by atoms with E-state index in [4.69, 9.17) is 0 Å². The van der Waals surface area contributed by atoms with E-state index < -0.39 is 0 Å². The first-order valence-corrected chi connectivity index (χ1v) is 4.86. The Hall–Kier alpha value is -1.17. The van der Waals surface area contributed by atoms with E-state index in [2.05, 4.69) is 15.5 Å². The van der Waals surface area contributed by atoms with Crippen molar-refractivity contribution in [3.8, 4) is 0 Å². The lowest BCUT2D eigenvalue weighted by Crippen LogP contribution is -2.31. The highest BCUT2D eigenvalue weighted by molar-refractivity contribution is 7.13. The van der Waals surface area contributed by atoms with Crippen LogP contribution in [0.5, 0.6) is 0 Å². The Bertz CT molecular complexity index is 261. The Labute approximate surface area is 80.8 Å². The minimum atomic E-state index is 0.0534. The zero-order valence-corrected chi connectivity index (χ0v) is 8.47. The van der Waals surface area contributed by atoms with Gasteiger partial charge in [-0.05, 0) is 6.92 Å². The van der Waals surface area contributed by atoms with E-state index in [1.807, 2.05) is 6.92 Å². The van der Waals surface area contributed by atoms with Crippen molar-refractivity contribution in [2.45, 2.75) is 6.92 Å². The van der Waals surface area contributed by atoms with Crippen molar-refractivity contribution in [3.05, 3.63) is 5.51 Å². The molecule has 13 heavy (non-hydrogen) atoms. The van der Waals surface area contributed by atoms with Gasteiger partial charge in [0, 0.05) is 13.6 Å². The maximum absolute atomic E-state index is 11.3. The molecule has 1 amide bonds. The molecule has 1 rings (SSSR count). The molecule has 0 aliphatic rings. The molecule has 6 heteroatoms. The molecule has 0 radical (unpaired) electrons. The molecule has 0 fully saturated rings. The standard InChI is InChI=1S/C7H12N4OS/c1-3-11(2)6(12)4-8-7-10-9-5-13-7/h5H,3-4H2,1-2H3,(H,8,10). The highest BCUT2D eigenvalue weighted by Crippen LogP contribution is 2.06. The van der Waals surface area contributed by atoms with Crippen LogP contribution in [0.4, 0.5) is 5.13 Å². The molecule has 1 aromatic rings. The minimum Gasteiger partial charge on any atom is -0.351 e. The lowest BCUT2D eigenvalue weighted by molar-refractivity contribution is -0.127. The van der Waals surface area contributed by atoms with Gasteiger partial charge in [-0.1, -0.05) is 11.3 Å². The van der Waals surface area contributed by atoms with Crippen LogP contribution in [0.1, 0.15) is 6.92 Å². The highest BCUT2D eigenvalue weighted by atomic mass is 32.1.